The molecule has 35 heavy (non-hydrogen) atoms. The molecule has 4 amide bonds. The Labute approximate surface area is 212 Å². The van der Waals surface area contributed by atoms with Crippen molar-refractivity contribution in [3.8, 4) is 0 Å². The van der Waals surface area contributed by atoms with E-state index in [0.717, 1.165) is 70.4 Å². The zero-order chi connectivity index (χ0) is 26.0. The average Bonchev–Trinajstić information content (AvgIpc) is 3.09. The number of unbranched alkanes of at least 4 members (excludes halogenated alkanes) is 4. The van der Waals surface area contributed by atoms with Gasteiger partial charge in [-0.2, -0.15) is 0 Å². The van der Waals surface area contributed by atoms with Crippen molar-refractivity contribution in [1.82, 2.24) is 15.1 Å². The van der Waals surface area contributed by atoms with Crippen molar-refractivity contribution in [3.05, 3.63) is 0 Å². The second-order valence-electron chi connectivity index (χ2n) is 11.9. The van der Waals surface area contributed by atoms with E-state index < -0.39 is 0 Å². The van der Waals surface area contributed by atoms with Crippen LogP contribution in [0.3, 0.4) is 0 Å². The molecule has 7 nitrogen and oxygen atoms in total. The summed E-state index contributed by atoms with van der Waals surface area (Å²) in [6.45, 7) is 13.5. The molecule has 200 valence electrons. The van der Waals surface area contributed by atoms with Crippen LogP contribution in [0, 0.1) is 23.2 Å². The van der Waals surface area contributed by atoms with Gasteiger partial charge in [-0.25, -0.2) is 0 Å². The van der Waals surface area contributed by atoms with Crippen molar-refractivity contribution in [2.45, 2.75) is 105 Å². The molecule has 2 aliphatic heterocycles. The van der Waals surface area contributed by atoms with E-state index >= 15 is 0 Å². The fourth-order valence-electron chi connectivity index (χ4n) is 5.19. The summed E-state index contributed by atoms with van der Waals surface area (Å²) in [5.74, 6) is 1.46. The summed E-state index contributed by atoms with van der Waals surface area (Å²) in [6.07, 6.45) is 8.68. The minimum Gasteiger partial charge on any atom is -0.356 e. The van der Waals surface area contributed by atoms with E-state index in [-0.39, 0.29) is 35.0 Å². The topological polar surface area (TPSA) is 86.8 Å². The maximum atomic E-state index is 12.5. The highest BCUT2D eigenvalue weighted by Crippen LogP contribution is 2.35. The zero-order valence-electron chi connectivity index (χ0n) is 22.9. The zero-order valence-corrected chi connectivity index (χ0v) is 22.9. The molecular formula is C28H49N3O4. The van der Waals surface area contributed by atoms with Gasteiger partial charge in [-0.05, 0) is 55.8 Å². The average molecular weight is 492 g/mol. The SMILES string of the molecule is CC(C)C1CCN(C(=O)CCCCCNC(=O)CCCCCN2C(=O)CC(C(C)(C)C)C2=O)CC1. The van der Waals surface area contributed by atoms with E-state index in [1.165, 1.54) is 4.90 Å². The van der Waals surface area contributed by atoms with E-state index in [1.54, 1.807) is 0 Å². The van der Waals surface area contributed by atoms with Gasteiger partial charge in [-0.15, -0.1) is 0 Å². The van der Waals surface area contributed by atoms with Crippen molar-refractivity contribution < 1.29 is 19.2 Å². The molecule has 0 aromatic rings. The molecule has 2 saturated heterocycles. The smallest absolute Gasteiger partial charge is 0.233 e. The maximum absolute atomic E-state index is 12.5. The molecule has 0 radical (unpaired) electrons. The molecule has 0 bridgehead atoms. The first-order valence-electron chi connectivity index (χ1n) is 13.9. The molecule has 1 N–H and O–H groups in total. The monoisotopic (exact) mass is 491 g/mol. The molecule has 0 spiro atoms. The van der Waals surface area contributed by atoms with Crippen molar-refractivity contribution in [3.63, 3.8) is 0 Å². The minimum atomic E-state index is -0.221. The van der Waals surface area contributed by atoms with Crippen LogP contribution in [0.5, 0.6) is 0 Å². The van der Waals surface area contributed by atoms with Gasteiger partial charge in [0.05, 0.1) is 5.92 Å². The van der Waals surface area contributed by atoms with Crippen molar-refractivity contribution >= 4 is 23.6 Å². The van der Waals surface area contributed by atoms with E-state index in [9.17, 15) is 19.2 Å². The predicted molar refractivity (Wildman–Crippen MR) is 138 cm³/mol. The molecule has 7 heteroatoms. The lowest BCUT2D eigenvalue weighted by Gasteiger charge is -2.34. The van der Waals surface area contributed by atoms with Gasteiger partial charge in [0.1, 0.15) is 0 Å². The first-order chi connectivity index (χ1) is 16.5. The summed E-state index contributed by atoms with van der Waals surface area (Å²) in [4.78, 5) is 52.6. The highest BCUT2D eigenvalue weighted by Gasteiger charge is 2.44. The van der Waals surface area contributed by atoms with E-state index in [4.69, 9.17) is 0 Å². The van der Waals surface area contributed by atoms with Gasteiger partial charge >= 0.3 is 0 Å². The fraction of sp³-hybridized carbons (Fsp3) is 0.857. The van der Waals surface area contributed by atoms with Crippen molar-refractivity contribution in [2.24, 2.45) is 23.2 Å². The second-order valence-corrected chi connectivity index (χ2v) is 11.9. The lowest BCUT2D eigenvalue weighted by molar-refractivity contribution is -0.140. The first kappa shape index (κ1) is 29.3. The van der Waals surface area contributed by atoms with Crippen LogP contribution in [0.15, 0.2) is 0 Å². The highest BCUT2D eigenvalue weighted by atomic mass is 16.2. The Morgan fingerprint density at radius 3 is 2.17 bits per heavy atom. The maximum Gasteiger partial charge on any atom is 0.233 e. The van der Waals surface area contributed by atoms with E-state index in [0.29, 0.717) is 38.3 Å². The quantitative estimate of drug-likeness (QED) is 0.303. The van der Waals surface area contributed by atoms with Crippen LogP contribution in [0.25, 0.3) is 0 Å². The molecule has 0 saturated carbocycles. The first-order valence-corrected chi connectivity index (χ1v) is 13.9. The summed E-state index contributed by atoms with van der Waals surface area (Å²) >= 11 is 0. The molecule has 2 rings (SSSR count). The summed E-state index contributed by atoms with van der Waals surface area (Å²) in [5, 5.41) is 2.97. The number of likely N-dealkylation sites (tertiary alicyclic amines) is 2. The van der Waals surface area contributed by atoms with Crippen LogP contribution in [0.2, 0.25) is 0 Å². The van der Waals surface area contributed by atoms with Gasteiger partial charge in [0.25, 0.3) is 0 Å². The molecule has 0 aromatic carbocycles. The van der Waals surface area contributed by atoms with Gasteiger partial charge in [0.15, 0.2) is 0 Å². The van der Waals surface area contributed by atoms with Crippen molar-refractivity contribution in [1.29, 1.82) is 0 Å². The molecule has 1 atom stereocenters. The van der Waals surface area contributed by atoms with Crippen LogP contribution >= 0.6 is 0 Å². The van der Waals surface area contributed by atoms with Gasteiger partial charge in [-0.1, -0.05) is 47.5 Å². The predicted octanol–water partition coefficient (Wildman–Crippen LogP) is 4.54. The number of rotatable bonds is 13. The number of piperidine rings is 1. The van der Waals surface area contributed by atoms with Gasteiger partial charge < -0.3 is 10.2 Å². The van der Waals surface area contributed by atoms with Gasteiger partial charge in [0.2, 0.25) is 23.6 Å². The largest absolute Gasteiger partial charge is 0.356 e. The number of carbonyl (C=O) groups is 4. The highest BCUT2D eigenvalue weighted by molar-refractivity contribution is 6.03. The lowest BCUT2D eigenvalue weighted by Crippen LogP contribution is -2.39. The third-order valence-corrected chi connectivity index (χ3v) is 7.80. The third kappa shape index (κ3) is 9.57. The fourth-order valence-corrected chi connectivity index (χ4v) is 5.19. The van der Waals surface area contributed by atoms with Crippen LogP contribution in [-0.4, -0.2) is 59.6 Å². The Bertz CT molecular complexity index is 720. The molecule has 2 aliphatic rings. The van der Waals surface area contributed by atoms with Gasteiger partial charge in [0, 0.05) is 45.4 Å². The Balaban J connectivity index is 1.46. The number of hydrogen-bond donors (Lipinski definition) is 1. The van der Waals surface area contributed by atoms with Crippen LogP contribution in [0.4, 0.5) is 0 Å². The number of carbonyl (C=O) groups excluding carboxylic acids is 4. The molecule has 2 fully saturated rings. The number of nitrogens with one attached hydrogen (secondary N) is 1. The molecule has 0 aliphatic carbocycles. The number of amides is 4. The number of nitrogens with zero attached hydrogens (tertiary/aromatic N) is 2. The normalized spacial score (nSPS) is 19.7. The standard InChI is InChI=1S/C28H49N3O4/c1-21(2)22-14-18-30(19-15-22)25(33)13-9-6-10-16-29-24(32)12-8-7-11-17-31-26(34)20-23(27(31)35)28(3,4)5/h21-23H,6-20H2,1-5H3,(H,29,32). The molecule has 2 heterocycles. The third-order valence-electron chi connectivity index (χ3n) is 7.80. The Morgan fingerprint density at radius 2 is 1.57 bits per heavy atom. The number of imide groups is 1. The minimum absolute atomic E-state index is 0.0439. The van der Waals surface area contributed by atoms with E-state index in [1.807, 2.05) is 25.7 Å². The summed E-state index contributed by atoms with van der Waals surface area (Å²) in [7, 11) is 0. The number of hydrogen-bond acceptors (Lipinski definition) is 4. The summed E-state index contributed by atoms with van der Waals surface area (Å²) in [6, 6.07) is 0. The molecular weight excluding hydrogens is 442 g/mol. The summed E-state index contributed by atoms with van der Waals surface area (Å²) < 4.78 is 0. The lowest BCUT2D eigenvalue weighted by atomic mass is 9.80. The second kappa shape index (κ2) is 14.0. The molecule has 0 aromatic heterocycles. The van der Waals surface area contributed by atoms with E-state index in [2.05, 4.69) is 19.2 Å². The Hall–Kier alpha value is -1.92. The Kier molecular flexibility index (Phi) is 11.7. The molecule has 1 unspecified atom stereocenters. The van der Waals surface area contributed by atoms with Crippen LogP contribution in [-0.2, 0) is 19.2 Å². The van der Waals surface area contributed by atoms with Gasteiger partial charge in [-0.3, -0.25) is 24.1 Å². The summed E-state index contributed by atoms with van der Waals surface area (Å²) in [5.41, 5.74) is -0.195. The van der Waals surface area contributed by atoms with Crippen LogP contribution < -0.4 is 5.32 Å². The van der Waals surface area contributed by atoms with Crippen LogP contribution in [0.1, 0.15) is 105 Å². The van der Waals surface area contributed by atoms with Crippen molar-refractivity contribution in [2.75, 3.05) is 26.2 Å². The Morgan fingerprint density at radius 1 is 0.943 bits per heavy atom.